The second kappa shape index (κ2) is 6.48. The minimum Gasteiger partial charge on any atom is -0.496 e. The fraction of sp³-hybridized carbons (Fsp3) is 0.308. The SMILES string of the molecule is COc1ccc(Br)cc1/C=C/CCC(C)=O. The Bertz CT molecular complexity index is 397. The van der Waals surface area contributed by atoms with Crippen LogP contribution in [0.4, 0.5) is 0 Å². The van der Waals surface area contributed by atoms with Gasteiger partial charge in [-0.1, -0.05) is 28.1 Å². The summed E-state index contributed by atoms with van der Waals surface area (Å²) in [6, 6.07) is 5.84. The molecule has 2 nitrogen and oxygen atoms in total. The molecule has 0 heterocycles. The van der Waals surface area contributed by atoms with Gasteiger partial charge in [-0.3, -0.25) is 0 Å². The number of allylic oxidation sites excluding steroid dienone is 1. The number of carbonyl (C=O) groups is 1. The summed E-state index contributed by atoms with van der Waals surface area (Å²) in [6.07, 6.45) is 5.33. The van der Waals surface area contributed by atoms with Gasteiger partial charge in [-0.15, -0.1) is 0 Å². The maximum atomic E-state index is 10.8. The number of hydrogen-bond donors (Lipinski definition) is 0. The van der Waals surface area contributed by atoms with Gasteiger partial charge in [0.15, 0.2) is 0 Å². The standard InChI is InChI=1S/C13H15BrO2/c1-10(15)5-3-4-6-11-9-12(14)7-8-13(11)16-2/h4,6-9H,3,5H2,1-2H3/b6-4+. The van der Waals surface area contributed by atoms with Gasteiger partial charge in [0.05, 0.1) is 7.11 Å². The van der Waals surface area contributed by atoms with E-state index in [-0.39, 0.29) is 5.78 Å². The predicted molar refractivity (Wildman–Crippen MR) is 69.6 cm³/mol. The molecule has 86 valence electrons. The second-order valence-corrected chi connectivity index (χ2v) is 4.45. The van der Waals surface area contributed by atoms with Gasteiger partial charge in [0.2, 0.25) is 0 Å². The normalized spacial score (nSPS) is 10.7. The van der Waals surface area contributed by atoms with Gasteiger partial charge >= 0.3 is 0 Å². The molecule has 0 fully saturated rings. The van der Waals surface area contributed by atoms with Crippen molar-refractivity contribution in [1.82, 2.24) is 0 Å². The van der Waals surface area contributed by atoms with E-state index < -0.39 is 0 Å². The highest BCUT2D eigenvalue weighted by Gasteiger charge is 1.99. The molecule has 0 atom stereocenters. The summed E-state index contributed by atoms with van der Waals surface area (Å²) in [5, 5.41) is 0. The molecule has 1 rings (SSSR count). The van der Waals surface area contributed by atoms with E-state index >= 15 is 0 Å². The van der Waals surface area contributed by atoms with Crippen molar-refractivity contribution in [2.45, 2.75) is 19.8 Å². The molecule has 0 radical (unpaired) electrons. The predicted octanol–water partition coefficient (Wildman–Crippen LogP) is 3.84. The summed E-state index contributed by atoms with van der Waals surface area (Å²) in [5.74, 6) is 1.05. The molecule has 0 saturated heterocycles. The van der Waals surface area contributed by atoms with E-state index in [9.17, 15) is 4.79 Å². The number of rotatable bonds is 5. The molecule has 0 unspecified atom stereocenters. The van der Waals surface area contributed by atoms with E-state index in [1.165, 1.54) is 0 Å². The molecule has 0 bridgehead atoms. The topological polar surface area (TPSA) is 26.3 Å². The molecule has 0 aliphatic heterocycles. The molecule has 3 heteroatoms. The Labute approximate surface area is 104 Å². The van der Waals surface area contributed by atoms with Crippen molar-refractivity contribution >= 4 is 27.8 Å². The van der Waals surface area contributed by atoms with Gasteiger partial charge < -0.3 is 9.53 Å². The van der Waals surface area contributed by atoms with Crippen LogP contribution in [0.1, 0.15) is 25.3 Å². The quantitative estimate of drug-likeness (QED) is 0.820. The number of carbonyl (C=O) groups excluding carboxylic acids is 1. The van der Waals surface area contributed by atoms with Crippen molar-refractivity contribution < 1.29 is 9.53 Å². The summed E-state index contributed by atoms with van der Waals surface area (Å²) in [7, 11) is 1.65. The first-order valence-corrected chi connectivity index (χ1v) is 5.92. The summed E-state index contributed by atoms with van der Waals surface area (Å²) >= 11 is 3.41. The molecular weight excluding hydrogens is 268 g/mol. The molecule has 0 aliphatic carbocycles. The minimum atomic E-state index is 0.214. The van der Waals surface area contributed by atoms with Crippen LogP contribution in [0.2, 0.25) is 0 Å². The third-order valence-electron chi connectivity index (χ3n) is 2.15. The first-order valence-electron chi connectivity index (χ1n) is 5.13. The molecule has 0 saturated carbocycles. The van der Waals surface area contributed by atoms with Crippen molar-refractivity contribution in [3.8, 4) is 5.75 Å². The smallest absolute Gasteiger partial charge is 0.130 e. The second-order valence-electron chi connectivity index (χ2n) is 3.53. The van der Waals surface area contributed by atoms with E-state index in [4.69, 9.17) is 4.74 Å². The van der Waals surface area contributed by atoms with Crippen LogP contribution >= 0.6 is 15.9 Å². The number of methoxy groups -OCH3 is 1. The number of hydrogen-bond acceptors (Lipinski definition) is 2. The fourth-order valence-electron chi connectivity index (χ4n) is 1.33. The van der Waals surface area contributed by atoms with Crippen LogP contribution in [-0.4, -0.2) is 12.9 Å². The number of Topliss-reactive ketones (excluding diaryl/α,β-unsaturated/α-hetero) is 1. The fourth-order valence-corrected chi connectivity index (χ4v) is 1.71. The third-order valence-corrected chi connectivity index (χ3v) is 2.65. The summed E-state index contributed by atoms with van der Waals surface area (Å²) in [5.41, 5.74) is 1.01. The van der Waals surface area contributed by atoms with Gasteiger partial charge in [-0.05, 0) is 31.5 Å². The van der Waals surface area contributed by atoms with Crippen LogP contribution in [0.5, 0.6) is 5.75 Å². The van der Waals surface area contributed by atoms with Crippen LogP contribution in [-0.2, 0) is 4.79 Å². The molecule has 1 aromatic rings. The maximum Gasteiger partial charge on any atom is 0.130 e. The highest BCUT2D eigenvalue weighted by Crippen LogP contribution is 2.24. The highest BCUT2D eigenvalue weighted by atomic mass is 79.9. The van der Waals surface area contributed by atoms with Crippen LogP contribution in [0, 0.1) is 0 Å². The zero-order valence-electron chi connectivity index (χ0n) is 9.50. The Hall–Kier alpha value is -1.09. The zero-order chi connectivity index (χ0) is 12.0. The lowest BCUT2D eigenvalue weighted by atomic mass is 10.1. The van der Waals surface area contributed by atoms with E-state index in [1.54, 1.807) is 14.0 Å². The highest BCUT2D eigenvalue weighted by molar-refractivity contribution is 9.10. The summed E-state index contributed by atoms with van der Waals surface area (Å²) < 4.78 is 6.25. The van der Waals surface area contributed by atoms with Crippen LogP contribution in [0.3, 0.4) is 0 Å². The Morgan fingerprint density at radius 3 is 2.88 bits per heavy atom. The van der Waals surface area contributed by atoms with Crippen LogP contribution in [0.25, 0.3) is 6.08 Å². The van der Waals surface area contributed by atoms with Crippen molar-refractivity contribution in [1.29, 1.82) is 0 Å². The first-order chi connectivity index (χ1) is 7.63. The molecule has 16 heavy (non-hydrogen) atoms. The third kappa shape index (κ3) is 4.19. The average Bonchev–Trinajstić information content (AvgIpc) is 2.24. The van der Waals surface area contributed by atoms with Crippen molar-refractivity contribution in [2.75, 3.05) is 7.11 Å². The number of ether oxygens (including phenoxy) is 1. The van der Waals surface area contributed by atoms with E-state index in [2.05, 4.69) is 15.9 Å². The van der Waals surface area contributed by atoms with E-state index in [0.717, 1.165) is 22.2 Å². The molecular formula is C13H15BrO2. The lowest BCUT2D eigenvalue weighted by Gasteiger charge is -2.04. The monoisotopic (exact) mass is 282 g/mol. The lowest BCUT2D eigenvalue weighted by Crippen LogP contribution is -1.88. The molecule has 0 N–H and O–H groups in total. The number of halogens is 1. The molecule has 1 aromatic carbocycles. The van der Waals surface area contributed by atoms with Gasteiger partial charge in [0, 0.05) is 16.5 Å². The van der Waals surface area contributed by atoms with E-state index in [0.29, 0.717) is 6.42 Å². The molecule has 0 aromatic heterocycles. The first kappa shape index (κ1) is 13.0. The van der Waals surface area contributed by atoms with Gasteiger partial charge in [0.25, 0.3) is 0 Å². The van der Waals surface area contributed by atoms with Gasteiger partial charge in [0.1, 0.15) is 11.5 Å². The average molecular weight is 283 g/mol. The Balaban J connectivity index is 2.71. The van der Waals surface area contributed by atoms with Crippen LogP contribution < -0.4 is 4.74 Å². The van der Waals surface area contributed by atoms with Crippen molar-refractivity contribution in [2.24, 2.45) is 0 Å². The van der Waals surface area contributed by atoms with Crippen LogP contribution in [0.15, 0.2) is 28.7 Å². The summed E-state index contributed by atoms with van der Waals surface area (Å²) in [4.78, 5) is 10.8. The summed E-state index contributed by atoms with van der Waals surface area (Å²) in [6.45, 7) is 1.60. The molecule has 0 spiro atoms. The Morgan fingerprint density at radius 1 is 1.50 bits per heavy atom. The molecule has 0 aliphatic rings. The van der Waals surface area contributed by atoms with Crippen molar-refractivity contribution in [3.63, 3.8) is 0 Å². The zero-order valence-corrected chi connectivity index (χ0v) is 11.1. The Kier molecular flexibility index (Phi) is 5.26. The minimum absolute atomic E-state index is 0.214. The van der Waals surface area contributed by atoms with Gasteiger partial charge in [-0.2, -0.15) is 0 Å². The van der Waals surface area contributed by atoms with Crippen molar-refractivity contribution in [3.05, 3.63) is 34.3 Å². The van der Waals surface area contributed by atoms with E-state index in [1.807, 2.05) is 30.4 Å². The number of benzene rings is 1. The Morgan fingerprint density at radius 2 is 2.25 bits per heavy atom. The largest absolute Gasteiger partial charge is 0.496 e. The number of ketones is 1. The maximum absolute atomic E-state index is 10.8. The lowest BCUT2D eigenvalue weighted by molar-refractivity contribution is -0.116. The molecule has 0 amide bonds. The van der Waals surface area contributed by atoms with Gasteiger partial charge in [-0.25, -0.2) is 0 Å².